The molecule has 6 nitrogen and oxygen atoms in total. The van der Waals surface area contributed by atoms with Gasteiger partial charge in [0.25, 0.3) is 0 Å². The van der Waals surface area contributed by atoms with Crippen molar-refractivity contribution in [2.24, 2.45) is 4.99 Å². The predicted molar refractivity (Wildman–Crippen MR) is 128 cm³/mol. The second kappa shape index (κ2) is 11.7. The number of rotatable bonds is 9. The van der Waals surface area contributed by atoms with E-state index in [2.05, 4.69) is 70.2 Å². The summed E-state index contributed by atoms with van der Waals surface area (Å²) in [7, 11) is 3.96. The van der Waals surface area contributed by atoms with Crippen molar-refractivity contribution in [1.82, 2.24) is 20.4 Å². The number of aliphatic imine (C=N–C) groups is 1. The van der Waals surface area contributed by atoms with Gasteiger partial charge in [0.1, 0.15) is 5.76 Å². The lowest BCUT2D eigenvalue weighted by atomic mass is 10.0. The minimum Gasteiger partial charge on any atom is -0.468 e. The summed E-state index contributed by atoms with van der Waals surface area (Å²) in [5.74, 6) is 1.86. The van der Waals surface area contributed by atoms with Crippen LogP contribution in [0.1, 0.15) is 36.7 Å². The highest BCUT2D eigenvalue weighted by Gasteiger charge is 2.19. The molecule has 3 rings (SSSR count). The van der Waals surface area contributed by atoms with Crippen LogP contribution in [0.4, 0.5) is 0 Å². The topological polar surface area (TPSA) is 56.0 Å². The number of furan rings is 1. The summed E-state index contributed by atoms with van der Waals surface area (Å²) in [6.07, 6.45) is 3.98. The highest BCUT2D eigenvalue weighted by Crippen LogP contribution is 2.14. The third-order valence-electron chi connectivity index (χ3n) is 5.66. The summed E-state index contributed by atoms with van der Waals surface area (Å²) in [6.45, 7) is 11.8. The van der Waals surface area contributed by atoms with E-state index in [-0.39, 0.29) is 0 Å². The van der Waals surface area contributed by atoms with Crippen LogP contribution in [0.5, 0.6) is 0 Å². The molecule has 31 heavy (non-hydrogen) atoms. The minimum atomic E-state index is 0.460. The molecule has 1 fully saturated rings. The van der Waals surface area contributed by atoms with Crippen LogP contribution in [-0.2, 0) is 19.6 Å². The zero-order chi connectivity index (χ0) is 22.1. The Morgan fingerprint density at radius 1 is 1.16 bits per heavy atom. The maximum Gasteiger partial charge on any atom is 0.191 e. The summed E-state index contributed by atoms with van der Waals surface area (Å²) < 4.78 is 5.48. The van der Waals surface area contributed by atoms with Crippen LogP contribution >= 0.6 is 0 Å². The first-order valence-corrected chi connectivity index (χ1v) is 11.1. The largest absolute Gasteiger partial charge is 0.468 e. The van der Waals surface area contributed by atoms with E-state index >= 15 is 0 Å². The Kier molecular flexibility index (Phi) is 8.74. The Labute approximate surface area is 187 Å². The van der Waals surface area contributed by atoms with Crippen LogP contribution in [0.15, 0.2) is 64.2 Å². The predicted octanol–water partition coefficient (Wildman–Crippen LogP) is 3.62. The van der Waals surface area contributed by atoms with Gasteiger partial charge in [-0.25, -0.2) is 0 Å². The van der Waals surface area contributed by atoms with Gasteiger partial charge in [-0.3, -0.25) is 14.8 Å². The fraction of sp³-hybridized carbons (Fsp3) is 0.480. The number of benzene rings is 1. The van der Waals surface area contributed by atoms with Crippen LogP contribution in [0.3, 0.4) is 0 Å². The van der Waals surface area contributed by atoms with Gasteiger partial charge >= 0.3 is 0 Å². The van der Waals surface area contributed by atoms with Crippen molar-refractivity contribution in [1.29, 1.82) is 0 Å². The molecule has 0 saturated carbocycles. The lowest BCUT2D eigenvalue weighted by Gasteiger charge is -2.33. The van der Waals surface area contributed by atoms with E-state index in [9.17, 15) is 0 Å². The van der Waals surface area contributed by atoms with Crippen molar-refractivity contribution in [3.05, 3.63) is 71.7 Å². The second-order valence-electron chi connectivity index (χ2n) is 8.60. The van der Waals surface area contributed by atoms with Crippen LogP contribution < -0.4 is 10.6 Å². The molecule has 0 aliphatic carbocycles. The van der Waals surface area contributed by atoms with E-state index in [1.807, 2.05) is 19.2 Å². The molecule has 168 valence electrons. The molecule has 2 aromatic rings. The number of nitrogens with one attached hydrogen (secondary N) is 2. The van der Waals surface area contributed by atoms with Crippen molar-refractivity contribution in [3.63, 3.8) is 0 Å². The number of likely N-dealkylation sites (tertiary alicyclic amines) is 1. The summed E-state index contributed by atoms with van der Waals surface area (Å²) in [6, 6.07) is 13.0. The average Bonchev–Trinajstić information content (AvgIpc) is 3.25. The Morgan fingerprint density at radius 3 is 2.55 bits per heavy atom. The first kappa shape index (κ1) is 23.1. The van der Waals surface area contributed by atoms with Gasteiger partial charge in [0.05, 0.1) is 12.8 Å². The van der Waals surface area contributed by atoms with E-state index < -0.39 is 0 Å². The molecule has 2 heterocycles. The molecule has 1 aromatic carbocycles. The standard InChI is InChI=1S/C25H37N5O/c1-20(2)17-30-13-11-23(12-14-30)28-25(26-3)27-16-21-8-5-6-9-22(21)18-29(4)19-24-10-7-15-31-24/h5-10,15,23H,1,11-14,16-19H2,2-4H3,(H2,26,27,28). The average molecular weight is 424 g/mol. The molecule has 1 aliphatic rings. The highest BCUT2D eigenvalue weighted by atomic mass is 16.3. The molecule has 0 atom stereocenters. The molecule has 0 spiro atoms. The number of nitrogens with zero attached hydrogens (tertiary/aromatic N) is 3. The van der Waals surface area contributed by atoms with Crippen molar-refractivity contribution >= 4 is 5.96 Å². The Balaban J connectivity index is 1.49. The van der Waals surface area contributed by atoms with Gasteiger partial charge in [0.15, 0.2) is 5.96 Å². The quantitative estimate of drug-likeness (QED) is 0.367. The van der Waals surface area contributed by atoms with Gasteiger partial charge in [-0.15, -0.1) is 0 Å². The van der Waals surface area contributed by atoms with Crippen LogP contribution in [0.2, 0.25) is 0 Å². The molecule has 1 aromatic heterocycles. The van der Waals surface area contributed by atoms with Gasteiger partial charge in [-0.05, 0) is 50.1 Å². The van der Waals surface area contributed by atoms with Crippen molar-refractivity contribution in [2.45, 2.75) is 45.4 Å². The molecular weight excluding hydrogens is 386 g/mol. The van der Waals surface area contributed by atoms with Crippen molar-refractivity contribution in [3.8, 4) is 0 Å². The van der Waals surface area contributed by atoms with Gasteiger partial charge in [0.2, 0.25) is 0 Å². The lowest BCUT2D eigenvalue weighted by Crippen LogP contribution is -2.48. The van der Waals surface area contributed by atoms with E-state index in [4.69, 9.17) is 4.42 Å². The first-order valence-electron chi connectivity index (χ1n) is 11.1. The highest BCUT2D eigenvalue weighted by molar-refractivity contribution is 5.80. The fourth-order valence-electron chi connectivity index (χ4n) is 4.08. The van der Waals surface area contributed by atoms with E-state index in [0.29, 0.717) is 6.04 Å². The first-order chi connectivity index (χ1) is 15.0. The molecule has 1 saturated heterocycles. The lowest BCUT2D eigenvalue weighted by molar-refractivity contribution is 0.221. The number of piperidine rings is 1. The maximum atomic E-state index is 5.48. The van der Waals surface area contributed by atoms with Crippen molar-refractivity contribution in [2.75, 3.05) is 33.7 Å². The van der Waals surface area contributed by atoms with Crippen LogP contribution in [-0.4, -0.2) is 55.5 Å². The van der Waals surface area contributed by atoms with Crippen LogP contribution in [0.25, 0.3) is 0 Å². The summed E-state index contributed by atoms with van der Waals surface area (Å²) in [5.41, 5.74) is 3.83. The fourth-order valence-corrected chi connectivity index (χ4v) is 4.08. The summed E-state index contributed by atoms with van der Waals surface area (Å²) in [5, 5.41) is 7.12. The molecule has 2 N–H and O–H groups in total. The van der Waals surface area contributed by atoms with E-state index in [0.717, 1.165) is 63.8 Å². The van der Waals surface area contributed by atoms with E-state index in [1.54, 1.807) is 6.26 Å². The normalized spacial score (nSPS) is 15.9. The number of hydrogen-bond acceptors (Lipinski definition) is 4. The summed E-state index contributed by atoms with van der Waals surface area (Å²) >= 11 is 0. The molecular formula is C25H37N5O. The number of guanidine groups is 1. The zero-order valence-corrected chi connectivity index (χ0v) is 19.2. The summed E-state index contributed by atoms with van der Waals surface area (Å²) in [4.78, 5) is 9.19. The van der Waals surface area contributed by atoms with Gasteiger partial charge < -0.3 is 15.1 Å². The van der Waals surface area contributed by atoms with E-state index in [1.165, 1.54) is 16.7 Å². The molecule has 0 amide bonds. The molecule has 0 radical (unpaired) electrons. The van der Waals surface area contributed by atoms with Crippen molar-refractivity contribution < 1.29 is 4.42 Å². The third kappa shape index (κ3) is 7.56. The van der Waals surface area contributed by atoms with Crippen LogP contribution in [0, 0.1) is 0 Å². The molecule has 0 unspecified atom stereocenters. The number of hydrogen-bond donors (Lipinski definition) is 2. The minimum absolute atomic E-state index is 0.460. The SMILES string of the molecule is C=C(C)CN1CCC(NC(=NC)NCc2ccccc2CN(C)Cc2ccco2)CC1. The smallest absolute Gasteiger partial charge is 0.191 e. The Morgan fingerprint density at radius 2 is 1.90 bits per heavy atom. The molecule has 1 aliphatic heterocycles. The van der Waals surface area contributed by atoms with Gasteiger partial charge in [0, 0.05) is 45.8 Å². The maximum absolute atomic E-state index is 5.48. The Bertz CT molecular complexity index is 837. The Hall–Kier alpha value is -2.57. The van der Waals surface area contributed by atoms with Gasteiger partial charge in [-0.2, -0.15) is 0 Å². The zero-order valence-electron chi connectivity index (χ0n) is 19.2. The molecule has 6 heteroatoms. The molecule has 0 bridgehead atoms. The monoisotopic (exact) mass is 423 g/mol. The third-order valence-corrected chi connectivity index (χ3v) is 5.66. The van der Waals surface area contributed by atoms with Gasteiger partial charge in [-0.1, -0.05) is 36.4 Å². The second-order valence-corrected chi connectivity index (χ2v) is 8.60.